The predicted molar refractivity (Wildman–Crippen MR) is 85.5 cm³/mol. The summed E-state index contributed by atoms with van der Waals surface area (Å²) in [4.78, 5) is 0. The Hall–Kier alpha value is -0.450. The van der Waals surface area contributed by atoms with E-state index in [-0.39, 0.29) is 18.0 Å². The standard InChI is InChI=1S/C16H25BrFNO/c1-5-19-15(16(11(3)4)20-6-2)9-12-7-8-13(18)10-14(12)17/h7-8,10-11,15-16,19H,5-6,9H2,1-4H3. The maximum Gasteiger partial charge on any atom is 0.124 e. The van der Waals surface area contributed by atoms with Crippen molar-refractivity contribution in [3.8, 4) is 0 Å². The molecule has 1 aromatic rings. The van der Waals surface area contributed by atoms with Crippen molar-refractivity contribution < 1.29 is 9.13 Å². The highest BCUT2D eigenvalue weighted by molar-refractivity contribution is 9.10. The third-order valence-corrected chi connectivity index (χ3v) is 4.07. The fraction of sp³-hybridized carbons (Fsp3) is 0.625. The summed E-state index contributed by atoms with van der Waals surface area (Å²) in [7, 11) is 0. The van der Waals surface area contributed by atoms with E-state index in [2.05, 4.69) is 42.0 Å². The maximum absolute atomic E-state index is 13.2. The summed E-state index contributed by atoms with van der Waals surface area (Å²) in [5.41, 5.74) is 1.10. The van der Waals surface area contributed by atoms with Crippen LogP contribution in [0.2, 0.25) is 0 Å². The Labute approximate surface area is 130 Å². The first kappa shape index (κ1) is 17.6. The molecule has 0 amide bonds. The summed E-state index contributed by atoms with van der Waals surface area (Å²) in [6.45, 7) is 10.0. The van der Waals surface area contributed by atoms with Crippen molar-refractivity contribution in [2.45, 2.75) is 46.3 Å². The number of benzene rings is 1. The lowest BCUT2D eigenvalue weighted by Crippen LogP contribution is -2.45. The van der Waals surface area contributed by atoms with Crippen LogP contribution in [0.4, 0.5) is 4.39 Å². The van der Waals surface area contributed by atoms with Crippen molar-refractivity contribution in [1.82, 2.24) is 5.32 Å². The fourth-order valence-electron chi connectivity index (χ4n) is 2.46. The summed E-state index contributed by atoms with van der Waals surface area (Å²) in [5.74, 6) is 0.212. The van der Waals surface area contributed by atoms with Crippen LogP contribution in [0, 0.1) is 11.7 Å². The van der Waals surface area contributed by atoms with Gasteiger partial charge in [0.1, 0.15) is 5.82 Å². The number of hydrogen-bond acceptors (Lipinski definition) is 2. The Bertz CT molecular complexity index is 411. The minimum absolute atomic E-state index is 0.150. The Morgan fingerprint density at radius 2 is 2.00 bits per heavy atom. The van der Waals surface area contributed by atoms with Crippen LogP contribution in [-0.2, 0) is 11.2 Å². The molecule has 114 valence electrons. The zero-order chi connectivity index (χ0) is 15.1. The van der Waals surface area contributed by atoms with E-state index in [0.29, 0.717) is 12.5 Å². The average Bonchev–Trinajstić information content (AvgIpc) is 2.38. The molecule has 0 saturated heterocycles. The molecule has 0 saturated carbocycles. The van der Waals surface area contributed by atoms with Crippen molar-refractivity contribution >= 4 is 15.9 Å². The van der Waals surface area contributed by atoms with Crippen molar-refractivity contribution in [2.24, 2.45) is 5.92 Å². The van der Waals surface area contributed by atoms with Crippen molar-refractivity contribution in [3.63, 3.8) is 0 Å². The van der Waals surface area contributed by atoms with Gasteiger partial charge in [0.15, 0.2) is 0 Å². The summed E-state index contributed by atoms with van der Waals surface area (Å²) in [6, 6.07) is 5.09. The highest BCUT2D eigenvalue weighted by Gasteiger charge is 2.25. The smallest absolute Gasteiger partial charge is 0.124 e. The van der Waals surface area contributed by atoms with Crippen LogP contribution in [0.5, 0.6) is 0 Å². The number of rotatable bonds is 8. The minimum Gasteiger partial charge on any atom is -0.377 e. The molecule has 1 aromatic carbocycles. The molecular formula is C16H25BrFNO. The number of halogens is 2. The molecule has 0 bridgehead atoms. The molecule has 2 unspecified atom stereocenters. The van der Waals surface area contributed by atoms with Crippen molar-refractivity contribution in [3.05, 3.63) is 34.1 Å². The molecule has 0 radical (unpaired) electrons. The summed E-state index contributed by atoms with van der Waals surface area (Å²) >= 11 is 3.44. The third-order valence-electron chi connectivity index (χ3n) is 3.33. The van der Waals surface area contributed by atoms with Gasteiger partial charge in [0.2, 0.25) is 0 Å². The predicted octanol–water partition coefficient (Wildman–Crippen LogP) is 4.17. The fourth-order valence-corrected chi connectivity index (χ4v) is 2.97. The first-order valence-corrected chi connectivity index (χ1v) is 8.07. The quantitative estimate of drug-likeness (QED) is 0.763. The van der Waals surface area contributed by atoms with Gasteiger partial charge in [0.05, 0.1) is 6.10 Å². The average molecular weight is 346 g/mol. The van der Waals surface area contributed by atoms with Gasteiger partial charge in [-0.3, -0.25) is 0 Å². The lowest BCUT2D eigenvalue weighted by Gasteiger charge is -2.31. The number of likely N-dealkylation sites (N-methyl/N-ethyl adjacent to an activating group) is 1. The van der Waals surface area contributed by atoms with Gasteiger partial charge in [-0.05, 0) is 43.5 Å². The molecule has 2 nitrogen and oxygen atoms in total. The van der Waals surface area contributed by atoms with E-state index in [0.717, 1.165) is 23.0 Å². The Morgan fingerprint density at radius 3 is 2.50 bits per heavy atom. The Morgan fingerprint density at radius 1 is 1.30 bits per heavy atom. The molecule has 0 aliphatic rings. The minimum atomic E-state index is -0.217. The van der Waals surface area contributed by atoms with Crippen LogP contribution in [0.25, 0.3) is 0 Å². The van der Waals surface area contributed by atoms with Gasteiger partial charge in [-0.15, -0.1) is 0 Å². The summed E-state index contributed by atoms with van der Waals surface area (Å²) in [6.07, 6.45) is 0.967. The van der Waals surface area contributed by atoms with Crippen LogP contribution in [-0.4, -0.2) is 25.3 Å². The molecule has 2 atom stereocenters. The zero-order valence-corrected chi connectivity index (χ0v) is 14.3. The summed E-state index contributed by atoms with van der Waals surface area (Å²) in [5, 5.41) is 3.50. The van der Waals surface area contributed by atoms with E-state index in [1.165, 1.54) is 12.1 Å². The van der Waals surface area contributed by atoms with Gasteiger partial charge < -0.3 is 10.1 Å². The van der Waals surface area contributed by atoms with Gasteiger partial charge in [-0.25, -0.2) is 4.39 Å². The van der Waals surface area contributed by atoms with Crippen LogP contribution >= 0.6 is 15.9 Å². The molecule has 0 aromatic heterocycles. The normalized spacial score (nSPS) is 14.6. The lowest BCUT2D eigenvalue weighted by atomic mass is 9.93. The molecule has 0 spiro atoms. The van der Waals surface area contributed by atoms with Crippen LogP contribution in [0.15, 0.2) is 22.7 Å². The number of hydrogen-bond donors (Lipinski definition) is 1. The topological polar surface area (TPSA) is 21.3 Å². The number of ether oxygens (including phenoxy) is 1. The van der Waals surface area contributed by atoms with E-state index < -0.39 is 0 Å². The van der Waals surface area contributed by atoms with Crippen molar-refractivity contribution in [1.29, 1.82) is 0 Å². The highest BCUT2D eigenvalue weighted by Crippen LogP contribution is 2.22. The van der Waals surface area contributed by atoms with Crippen LogP contribution < -0.4 is 5.32 Å². The van der Waals surface area contributed by atoms with E-state index in [1.807, 2.05) is 13.0 Å². The molecule has 0 heterocycles. The van der Waals surface area contributed by atoms with E-state index in [1.54, 1.807) is 0 Å². The van der Waals surface area contributed by atoms with Gasteiger partial charge in [0.25, 0.3) is 0 Å². The Kier molecular flexibility index (Phi) is 7.70. The first-order chi connectivity index (χ1) is 9.49. The largest absolute Gasteiger partial charge is 0.377 e. The van der Waals surface area contributed by atoms with E-state index >= 15 is 0 Å². The molecule has 0 aliphatic carbocycles. The monoisotopic (exact) mass is 345 g/mol. The highest BCUT2D eigenvalue weighted by atomic mass is 79.9. The maximum atomic E-state index is 13.2. The SMILES string of the molecule is CCNC(Cc1ccc(F)cc1Br)C(OCC)C(C)C. The van der Waals surface area contributed by atoms with Gasteiger partial charge in [-0.2, -0.15) is 0 Å². The third kappa shape index (κ3) is 5.15. The Balaban J connectivity index is 2.89. The van der Waals surface area contributed by atoms with Gasteiger partial charge in [0, 0.05) is 17.1 Å². The second-order valence-electron chi connectivity index (χ2n) is 5.27. The molecule has 1 N–H and O–H groups in total. The van der Waals surface area contributed by atoms with Gasteiger partial charge >= 0.3 is 0 Å². The lowest BCUT2D eigenvalue weighted by molar-refractivity contribution is 0.00392. The van der Waals surface area contributed by atoms with Crippen LogP contribution in [0.1, 0.15) is 33.3 Å². The second-order valence-corrected chi connectivity index (χ2v) is 6.12. The first-order valence-electron chi connectivity index (χ1n) is 7.28. The molecule has 0 aliphatic heterocycles. The number of nitrogens with one attached hydrogen (secondary N) is 1. The van der Waals surface area contributed by atoms with Crippen LogP contribution in [0.3, 0.4) is 0 Å². The van der Waals surface area contributed by atoms with E-state index in [9.17, 15) is 4.39 Å². The molecular weight excluding hydrogens is 321 g/mol. The zero-order valence-electron chi connectivity index (χ0n) is 12.7. The molecule has 0 fully saturated rings. The van der Waals surface area contributed by atoms with Gasteiger partial charge in [-0.1, -0.05) is 42.8 Å². The van der Waals surface area contributed by atoms with E-state index in [4.69, 9.17) is 4.74 Å². The molecule has 1 rings (SSSR count). The second kappa shape index (κ2) is 8.75. The summed E-state index contributed by atoms with van der Waals surface area (Å²) < 4.78 is 19.9. The molecule has 4 heteroatoms. The molecule has 20 heavy (non-hydrogen) atoms. The van der Waals surface area contributed by atoms with Crippen molar-refractivity contribution in [2.75, 3.05) is 13.2 Å².